The number of carbonyl (C=O) groups excluding carboxylic acids is 1. The lowest BCUT2D eigenvalue weighted by Crippen LogP contribution is -2.37. The smallest absolute Gasteiger partial charge is 0.320 e. The molecule has 0 aromatic heterocycles. The lowest BCUT2D eigenvalue weighted by Gasteiger charge is -2.23. The molecule has 0 bridgehead atoms. The average Bonchev–Trinajstić information content (AvgIpc) is 2.29. The highest BCUT2D eigenvalue weighted by molar-refractivity contribution is 5.92. The van der Waals surface area contributed by atoms with Crippen LogP contribution < -0.4 is 5.73 Å². The highest BCUT2D eigenvalue weighted by Gasteiger charge is 2.20. The summed E-state index contributed by atoms with van der Waals surface area (Å²) >= 11 is 0. The van der Waals surface area contributed by atoms with Crippen molar-refractivity contribution < 1.29 is 14.7 Å². The molecule has 3 N–H and O–H groups in total. The van der Waals surface area contributed by atoms with Crippen LogP contribution in [0.5, 0.6) is 0 Å². The van der Waals surface area contributed by atoms with E-state index < -0.39 is 17.9 Å². The van der Waals surface area contributed by atoms with Gasteiger partial charge in [0.15, 0.2) is 0 Å². The predicted molar refractivity (Wildman–Crippen MR) is 68.1 cm³/mol. The molecular weight excluding hydrogens is 232 g/mol. The third-order valence-electron chi connectivity index (χ3n) is 2.85. The van der Waals surface area contributed by atoms with Gasteiger partial charge in [0, 0.05) is 12.1 Å². The van der Waals surface area contributed by atoms with Crippen molar-refractivity contribution in [2.24, 2.45) is 5.73 Å². The van der Waals surface area contributed by atoms with Crippen LogP contribution in [0.1, 0.15) is 29.3 Å². The average molecular weight is 250 g/mol. The minimum atomic E-state index is -0.842. The minimum absolute atomic E-state index is 0.435. The van der Waals surface area contributed by atoms with Gasteiger partial charge in [-0.05, 0) is 31.2 Å². The van der Waals surface area contributed by atoms with E-state index in [2.05, 4.69) is 0 Å². The largest absolute Gasteiger partial charge is 0.480 e. The van der Waals surface area contributed by atoms with Gasteiger partial charge in [-0.3, -0.25) is 14.5 Å². The third kappa shape index (κ3) is 3.56. The Bertz CT molecular complexity index is 446. The van der Waals surface area contributed by atoms with Crippen LogP contribution in [0.15, 0.2) is 24.3 Å². The predicted octanol–water partition coefficient (Wildman–Crippen LogP) is 1.08. The number of hydrogen-bond acceptors (Lipinski definition) is 3. The number of likely N-dealkylation sites (N-methyl/N-ethyl adjacent to an activating group) is 1. The lowest BCUT2D eigenvalue weighted by molar-refractivity contribution is -0.143. The Morgan fingerprint density at radius 1 is 1.44 bits per heavy atom. The number of nitrogens with two attached hydrogens (primary N) is 1. The maximum absolute atomic E-state index is 11.1. The second kappa shape index (κ2) is 6.16. The highest BCUT2D eigenvalue weighted by Crippen LogP contribution is 2.11. The molecule has 0 spiro atoms. The number of primary amides is 1. The SMILES string of the molecule is CCC(C(=O)O)N(C)Cc1cccc(C(N)=O)c1. The quantitative estimate of drug-likeness (QED) is 0.791. The van der Waals surface area contributed by atoms with E-state index in [0.29, 0.717) is 18.5 Å². The molecule has 5 heteroatoms. The van der Waals surface area contributed by atoms with Gasteiger partial charge in [0.05, 0.1) is 0 Å². The van der Waals surface area contributed by atoms with Crippen LogP contribution in [0, 0.1) is 0 Å². The summed E-state index contributed by atoms with van der Waals surface area (Å²) in [7, 11) is 1.75. The van der Waals surface area contributed by atoms with E-state index in [9.17, 15) is 9.59 Å². The standard InChI is InChI=1S/C13H18N2O3/c1-3-11(13(17)18)15(2)8-9-5-4-6-10(7-9)12(14)16/h4-7,11H,3,8H2,1-2H3,(H2,14,16)(H,17,18). The van der Waals surface area contributed by atoms with Crippen LogP contribution in [0.4, 0.5) is 0 Å². The van der Waals surface area contributed by atoms with Crippen LogP contribution in [0.2, 0.25) is 0 Å². The number of hydrogen-bond donors (Lipinski definition) is 2. The van der Waals surface area contributed by atoms with E-state index in [0.717, 1.165) is 5.56 Å². The van der Waals surface area contributed by atoms with Gasteiger partial charge in [-0.15, -0.1) is 0 Å². The van der Waals surface area contributed by atoms with Crippen molar-refractivity contribution in [2.75, 3.05) is 7.05 Å². The zero-order chi connectivity index (χ0) is 13.7. The number of aliphatic carboxylic acids is 1. The van der Waals surface area contributed by atoms with Crippen LogP contribution in [-0.2, 0) is 11.3 Å². The maximum Gasteiger partial charge on any atom is 0.320 e. The summed E-state index contributed by atoms with van der Waals surface area (Å²) < 4.78 is 0. The summed E-state index contributed by atoms with van der Waals surface area (Å²) in [4.78, 5) is 23.8. The number of nitrogens with zero attached hydrogens (tertiary/aromatic N) is 1. The Hall–Kier alpha value is -1.88. The molecule has 98 valence electrons. The van der Waals surface area contributed by atoms with Crippen LogP contribution in [0.25, 0.3) is 0 Å². The van der Waals surface area contributed by atoms with Crippen molar-refractivity contribution in [3.63, 3.8) is 0 Å². The fourth-order valence-corrected chi connectivity index (χ4v) is 1.90. The van der Waals surface area contributed by atoms with Crippen molar-refractivity contribution in [2.45, 2.75) is 25.9 Å². The van der Waals surface area contributed by atoms with E-state index in [1.54, 1.807) is 30.1 Å². The summed E-state index contributed by atoms with van der Waals surface area (Å²) in [6.07, 6.45) is 0.529. The molecule has 0 aliphatic rings. The van der Waals surface area contributed by atoms with Gasteiger partial charge in [-0.25, -0.2) is 0 Å². The zero-order valence-electron chi connectivity index (χ0n) is 10.6. The first-order valence-corrected chi connectivity index (χ1v) is 5.77. The number of benzene rings is 1. The molecule has 18 heavy (non-hydrogen) atoms. The third-order valence-corrected chi connectivity index (χ3v) is 2.85. The Morgan fingerprint density at radius 3 is 2.61 bits per heavy atom. The monoisotopic (exact) mass is 250 g/mol. The molecule has 5 nitrogen and oxygen atoms in total. The van der Waals surface area contributed by atoms with Crippen LogP contribution in [-0.4, -0.2) is 35.0 Å². The Labute approximate surface area is 106 Å². The van der Waals surface area contributed by atoms with Gasteiger partial charge in [0.25, 0.3) is 0 Å². The molecular formula is C13H18N2O3. The van der Waals surface area contributed by atoms with E-state index in [1.807, 2.05) is 13.0 Å². The summed E-state index contributed by atoms with van der Waals surface area (Å²) in [6, 6.07) is 6.39. The van der Waals surface area contributed by atoms with Crippen molar-refractivity contribution in [3.8, 4) is 0 Å². The van der Waals surface area contributed by atoms with Gasteiger partial charge in [0.1, 0.15) is 6.04 Å². The Morgan fingerprint density at radius 2 is 2.11 bits per heavy atom. The molecule has 0 saturated carbocycles. The van der Waals surface area contributed by atoms with Gasteiger partial charge >= 0.3 is 5.97 Å². The first-order chi connectivity index (χ1) is 8.45. The lowest BCUT2D eigenvalue weighted by atomic mass is 10.1. The number of carboxylic acids is 1. The Kier molecular flexibility index (Phi) is 4.85. The molecule has 0 fully saturated rings. The molecule has 1 aromatic carbocycles. The summed E-state index contributed by atoms with van der Waals surface area (Å²) in [6.45, 7) is 2.29. The maximum atomic E-state index is 11.1. The molecule has 0 aliphatic heterocycles. The molecule has 0 aliphatic carbocycles. The van der Waals surface area contributed by atoms with E-state index in [4.69, 9.17) is 10.8 Å². The molecule has 1 rings (SSSR count). The van der Waals surface area contributed by atoms with Gasteiger partial charge in [-0.1, -0.05) is 19.1 Å². The highest BCUT2D eigenvalue weighted by atomic mass is 16.4. The van der Waals surface area contributed by atoms with E-state index in [1.165, 1.54) is 0 Å². The van der Waals surface area contributed by atoms with Crippen LogP contribution in [0.3, 0.4) is 0 Å². The number of amides is 1. The molecule has 0 saturated heterocycles. The fraction of sp³-hybridized carbons (Fsp3) is 0.385. The first-order valence-electron chi connectivity index (χ1n) is 5.77. The summed E-state index contributed by atoms with van der Waals surface area (Å²) in [5.41, 5.74) is 6.50. The molecule has 1 amide bonds. The van der Waals surface area contributed by atoms with Crippen LogP contribution >= 0.6 is 0 Å². The first kappa shape index (κ1) is 14.2. The summed E-state index contributed by atoms with van der Waals surface area (Å²) in [5.74, 6) is -1.32. The van der Waals surface area contributed by atoms with Gasteiger partial charge < -0.3 is 10.8 Å². The van der Waals surface area contributed by atoms with Crippen molar-refractivity contribution in [3.05, 3.63) is 35.4 Å². The van der Waals surface area contributed by atoms with Gasteiger partial charge in [0.2, 0.25) is 5.91 Å². The van der Waals surface area contributed by atoms with Crippen molar-refractivity contribution in [1.29, 1.82) is 0 Å². The zero-order valence-corrected chi connectivity index (χ0v) is 10.6. The fourth-order valence-electron chi connectivity index (χ4n) is 1.90. The Balaban J connectivity index is 2.81. The molecule has 1 unspecified atom stereocenters. The minimum Gasteiger partial charge on any atom is -0.480 e. The molecule has 1 atom stereocenters. The second-order valence-electron chi connectivity index (χ2n) is 4.24. The number of carbonyl (C=O) groups is 2. The normalized spacial score (nSPS) is 12.4. The van der Waals surface area contributed by atoms with Crippen molar-refractivity contribution in [1.82, 2.24) is 4.90 Å². The number of carboxylic acid groups (broad SMARTS) is 1. The molecule has 1 aromatic rings. The molecule has 0 heterocycles. The molecule has 0 radical (unpaired) electrons. The summed E-state index contributed by atoms with van der Waals surface area (Å²) in [5, 5.41) is 9.05. The topological polar surface area (TPSA) is 83.6 Å². The van der Waals surface area contributed by atoms with Gasteiger partial charge in [-0.2, -0.15) is 0 Å². The van der Waals surface area contributed by atoms with Crippen molar-refractivity contribution >= 4 is 11.9 Å². The van der Waals surface area contributed by atoms with E-state index >= 15 is 0 Å². The van der Waals surface area contributed by atoms with E-state index in [-0.39, 0.29) is 0 Å². The second-order valence-corrected chi connectivity index (χ2v) is 4.24. The number of rotatable bonds is 6.